The zero-order valence-electron chi connectivity index (χ0n) is 34.4. The minimum atomic E-state index is -0.733. The van der Waals surface area contributed by atoms with Crippen molar-refractivity contribution in [2.45, 2.75) is 25.7 Å². The Labute approximate surface area is 357 Å². The fraction of sp³-hybridized carbons (Fsp3) is 0.0702. The molecule has 1 aliphatic carbocycles. The van der Waals surface area contributed by atoms with Gasteiger partial charge in [0.25, 0.3) is 0 Å². The molecule has 0 fully saturated rings. The van der Waals surface area contributed by atoms with E-state index in [1.807, 2.05) is 25.1 Å². The summed E-state index contributed by atoms with van der Waals surface area (Å²) in [4.78, 5) is 15.7. The standard InChI is InChI=1S/C57H44N4/c1-5-7-22-40(6-2)54-58-55(41-23-12-8-13-24-41)60-56(59-54)49-36-43(42-33-34-52-48(35-42)47-31-20-21-32-51(47)61(52)46-29-18-11-19-30-46)37-50-53(49)38(3)39(4)57(50,44-25-14-9-15-26-44)45-27-16-10-17-28-45/h6-37H,3-5H2,1-2H3/b22-7-,40-6+. The van der Waals surface area contributed by atoms with E-state index in [1.54, 1.807) is 0 Å². The zero-order chi connectivity index (χ0) is 41.5. The molecule has 292 valence electrons. The Kier molecular flexibility index (Phi) is 9.54. The van der Waals surface area contributed by atoms with E-state index in [0.29, 0.717) is 17.5 Å². The van der Waals surface area contributed by atoms with Crippen LogP contribution in [0.1, 0.15) is 48.3 Å². The van der Waals surface area contributed by atoms with Gasteiger partial charge in [-0.25, -0.2) is 15.0 Å². The van der Waals surface area contributed by atoms with Crippen molar-refractivity contribution >= 4 is 33.0 Å². The minimum Gasteiger partial charge on any atom is -0.309 e. The van der Waals surface area contributed by atoms with Crippen molar-refractivity contribution in [2.75, 3.05) is 0 Å². The van der Waals surface area contributed by atoms with Crippen LogP contribution >= 0.6 is 0 Å². The summed E-state index contributed by atoms with van der Waals surface area (Å²) < 4.78 is 2.36. The van der Waals surface area contributed by atoms with Crippen LogP contribution in [-0.2, 0) is 5.41 Å². The van der Waals surface area contributed by atoms with Gasteiger partial charge in [-0.15, -0.1) is 0 Å². The molecule has 0 radical (unpaired) electrons. The highest BCUT2D eigenvalue weighted by atomic mass is 15.0. The lowest BCUT2D eigenvalue weighted by molar-refractivity contribution is 0.772. The number of fused-ring (bicyclic) bond motifs is 4. The molecule has 10 rings (SSSR count). The molecular weight excluding hydrogens is 741 g/mol. The van der Waals surface area contributed by atoms with Crippen molar-refractivity contribution < 1.29 is 0 Å². The second-order valence-electron chi connectivity index (χ2n) is 15.5. The molecule has 0 aliphatic heterocycles. The highest BCUT2D eigenvalue weighted by Gasteiger charge is 2.48. The van der Waals surface area contributed by atoms with Crippen molar-refractivity contribution in [3.8, 4) is 39.6 Å². The van der Waals surface area contributed by atoms with Gasteiger partial charge in [0.05, 0.1) is 16.4 Å². The van der Waals surface area contributed by atoms with Crippen LogP contribution in [0.4, 0.5) is 0 Å². The van der Waals surface area contributed by atoms with Gasteiger partial charge in [-0.2, -0.15) is 0 Å². The van der Waals surface area contributed by atoms with Crippen molar-refractivity contribution in [1.29, 1.82) is 0 Å². The molecule has 0 spiro atoms. The molecular formula is C57H44N4. The Morgan fingerprint density at radius 3 is 1.87 bits per heavy atom. The fourth-order valence-corrected chi connectivity index (χ4v) is 9.24. The first-order valence-corrected chi connectivity index (χ1v) is 20.9. The van der Waals surface area contributed by atoms with Gasteiger partial charge >= 0.3 is 0 Å². The summed E-state index contributed by atoms with van der Waals surface area (Å²) in [5.74, 6) is 1.81. The zero-order valence-corrected chi connectivity index (χ0v) is 34.4. The second kappa shape index (κ2) is 15.5. The highest BCUT2D eigenvalue weighted by Crippen LogP contribution is 2.59. The van der Waals surface area contributed by atoms with E-state index < -0.39 is 5.41 Å². The minimum absolute atomic E-state index is 0.582. The van der Waals surface area contributed by atoms with E-state index in [9.17, 15) is 0 Å². The fourth-order valence-electron chi connectivity index (χ4n) is 9.24. The van der Waals surface area contributed by atoms with Crippen molar-refractivity contribution in [1.82, 2.24) is 19.5 Å². The van der Waals surface area contributed by atoms with Crippen LogP contribution in [0.25, 0.3) is 72.5 Å². The first-order valence-electron chi connectivity index (χ1n) is 20.9. The lowest BCUT2D eigenvalue weighted by atomic mass is 9.67. The molecule has 0 unspecified atom stereocenters. The van der Waals surface area contributed by atoms with Gasteiger partial charge in [0.2, 0.25) is 0 Å². The maximum Gasteiger partial charge on any atom is 0.164 e. The summed E-state index contributed by atoms with van der Waals surface area (Å²) in [5.41, 5.74) is 13.7. The van der Waals surface area contributed by atoms with E-state index in [4.69, 9.17) is 28.1 Å². The smallest absolute Gasteiger partial charge is 0.164 e. The average molecular weight is 785 g/mol. The molecule has 0 saturated carbocycles. The van der Waals surface area contributed by atoms with Crippen molar-refractivity contribution in [2.24, 2.45) is 0 Å². The molecule has 0 amide bonds. The van der Waals surface area contributed by atoms with E-state index in [-0.39, 0.29) is 0 Å². The monoisotopic (exact) mass is 784 g/mol. The molecule has 9 aromatic rings. The second-order valence-corrected chi connectivity index (χ2v) is 15.5. The first-order chi connectivity index (χ1) is 30.0. The van der Waals surface area contributed by atoms with Crippen molar-refractivity contribution in [3.05, 3.63) is 241 Å². The van der Waals surface area contributed by atoms with Gasteiger partial charge in [-0.05, 0) is 100 Å². The van der Waals surface area contributed by atoms with Gasteiger partial charge < -0.3 is 4.57 Å². The molecule has 4 nitrogen and oxygen atoms in total. The largest absolute Gasteiger partial charge is 0.309 e. The number of aromatic nitrogens is 4. The third-order valence-electron chi connectivity index (χ3n) is 12.1. The number of hydrogen-bond donors (Lipinski definition) is 0. The molecule has 0 saturated heterocycles. The SMILES string of the molecule is C=C1C(=C)C(c2ccccc2)(c2ccccc2)c2cc(-c3ccc4c(c3)c3ccccc3n4-c3ccccc3)cc(-c3nc(C(/C=C\CC)=C/C)nc(-c4ccccc4)n3)c21. The lowest BCUT2D eigenvalue weighted by Gasteiger charge is -2.34. The molecule has 4 heteroatoms. The first kappa shape index (κ1) is 37.6. The maximum atomic E-state index is 5.33. The normalized spacial score (nSPS) is 13.7. The summed E-state index contributed by atoms with van der Waals surface area (Å²) in [7, 11) is 0. The molecule has 0 atom stereocenters. The number of nitrogens with zero attached hydrogens (tertiary/aromatic N) is 4. The predicted octanol–water partition coefficient (Wildman–Crippen LogP) is 14.3. The van der Waals surface area contributed by atoms with Gasteiger partial charge in [0, 0.05) is 33.2 Å². The maximum absolute atomic E-state index is 5.33. The summed E-state index contributed by atoms with van der Waals surface area (Å²) in [5, 5.41) is 2.38. The van der Waals surface area contributed by atoms with Crippen LogP contribution in [0.15, 0.2) is 213 Å². The van der Waals surface area contributed by atoms with E-state index >= 15 is 0 Å². The Bertz CT molecular complexity index is 3150. The van der Waals surface area contributed by atoms with Crippen LogP contribution in [0.5, 0.6) is 0 Å². The van der Waals surface area contributed by atoms with E-state index in [2.05, 4.69) is 187 Å². The van der Waals surface area contributed by atoms with E-state index in [0.717, 1.165) is 78.9 Å². The summed E-state index contributed by atoms with van der Waals surface area (Å²) in [6.07, 6.45) is 7.21. The van der Waals surface area contributed by atoms with Gasteiger partial charge in [-0.3, -0.25) is 0 Å². The van der Waals surface area contributed by atoms with Crippen LogP contribution in [0, 0.1) is 0 Å². The lowest BCUT2D eigenvalue weighted by Crippen LogP contribution is -2.28. The van der Waals surface area contributed by atoms with Crippen LogP contribution < -0.4 is 0 Å². The van der Waals surface area contributed by atoms with Crippen LogP contribution in [0.2, 0.25) is 0 Å². The van der Waals surface area contributed by atoms with Gasteiger partial charge in [0.1, 0.15) is 0 Å². The number of rotatable bonds is 9. The molecule has 0 bridgehead atoms. The third-order valence-corrected chi connectivity index (χ3v) is 12.1. The number of benzene rings is 7. The van der Waals surface area contributed by atoms with Gasteiger partial charge in [0.15, 0.2) is 17.5 Å². The Balaban J connectivity index is 1.31. The molecule has 1 aliphatic rings. The molecule has 7 aromatic carbocycles. The predicted molar refractivity (Wildman–Crippen MR) is 254 cm³/mol. The molecule has 61 heavy (non-hydrogen) atoms. The number of hydrogen-bond acceptors (Lipinski definition) is 3. The van der Waals surface area contributed by atoms with Crippen LogP contribution in [0.3, 0.4) is 0 Å². The molecule has 0 N–H and O–H groups in total. The molecule has 2 heterocycles. The summed E-state index contributed by atoms with van der Waals surface area (Å²) >= 11 is 0. The number of allylic oxidation sites excluding steroid dienone is 6. The third kappa shape index (κ3) is 6.19. The Hall–Kier alpha value is -7.69. The summed E-state index contributed by atoms with van der Waals surface area (Å²) in [6.45, 7) is 13.9. The highest BCUT2D eigenvalue weighted by molar-refractivity contribution is 6.11. The topological polar surface area (TPSA) is 43.6 Å². The Morgan fingerprint density at radius 2 is 1.20 bits per heavy atom. The van der Waals surface area contributed by atoms with Crippen LogP contribution in [-0.4, -0.2) is 19.5 Å². The molecule has 2 aromatic heterocycles. The quantitative estimate of drug-likeness (QED) is 0.137. The average Bonchev–Trinajstić information content (AvgIpc) is 3.78. The number of para-hydroxylation sites is 2. The summed E-state index contributed by atoms with van der Waals surface area (Å²) in [6, 6.07) is 62.4. The Morgan fingerprint density at radius 1 is 0.590 bits per heavy atom. The van der Waals surface area contributed by atoms with Crippen molar-refractivity contribution in [3.63, 3.8) is 0 Å². The van der Waals surface area contributed by atoms with Gasteiger partial charge in [-0.1, -0.05) is 172 Å². The van der Waals surface area contributed by atoms with E-state index in [1.165, 1.54) is 16.3 Å².